The van der Waals surface area contributed by atoms with Crippen molar-refractivity contribution in [3.8, 4) is 6.07 Å². The van der Waals surface area contributed by atoms with Crippen molar-refractivity contribution in [2.24, 2.45) is 0 Å². The molecule has 13 heavy (non-hydrogen) atoms. The smallest absolute Gasteiger partial charge is 0.0622 e. The van der Waals surface area contributed by atoms with Crippen molar-refractivity contribution in [3.05, 3.63) is 0 Å². The minimum Gasteiger partial charge on any atom is -0.300 e. The molecule has 0 amide bonds. The molecule has 74 valence electrons. The minimum atomic E-state index is 0.718. The van der Waals surface area contributed by atoms with Gasteiger partial charge in [-0.1, -0.05) is 13.3 Å². The molecule has 2 nitrogen and oxygen atoms in total. The molecule has 0 aromatic heterocycles. The Hall–Kier alpha value is -0.550. The second-order valence-corrected chi connectivity index (χ2v) is 3.88. The number of nitrogens with zero attached hydrogens (tertiary/aromatic N) is 2. The normalized spacial score (nSPS) is 16.1. The topological polar surface area (TPSA) is 27.0 Å². The Morgan fingerprint density at radius 1 is 1.31 bits per heavy atom. The third-order valence-electron chi connectivity index (χ3n) is 2.60. The maximum atomic E-state index is 8.44. The average Bonchev–Trinajstić information content (AvgIpc) is 2.94. The molecule has 0 bridgehead atoms. The van der Waals surface area contributed by atoms with E-state index in [2.05, 4.69) is 17.9 Å². The van der Waals surface area contributed by atoms with Gasteiger partial charge >= 0.3 is 0 Å². The Morgan fingerprint density at radius 3 is 2.54 bits per heavy atom. The molecule has 0 unspecified atom stereocenters. The molecule has 0 radical (unpaired) electrons. The highest BCUT2D eigenvalue weighted by Gasteiger charge is 2.27. The Morgan fingerprint density at radius 2 is 2.00 bits per heavy atom. The van der Waals surface area contributed by atoms with E-state index in [9.17, 15) is 0 Å². The SMILES string of the molecule is CCCCN(CCCC#N)C1CC1. The Kier molecular flexibility index (Phi) is 4.85. The lowest BCUT2D eigenvalue weighted by atomic mass is 10.2. The van der Waals surface area contributed by atoms with Crippen molar-refractivity contribution in [1.29, 1.82) is 5.26 Å². The fourth-order valence-electron chi connectivity index (χ4n) is 1.64. The largest absolute Gasteiger partial charge is 0.300 e. The van der Waals surface area contributed by atoms with Crippen molar-refractivity contribution in [2.75, 3.05) is 13.1 Å². The van der Waals surface area contributed by atoms with Crippen molar-refractivity contribution in [3.63, 3.8) is 0 Å². The van der Waals surface area contributed by atoms with E-state index in [1.54, 1.807) is 0 Å². The predicted molar refractivity (Wildman–Crippen MR) is 54.4 cm³/mol. The van der Waals surface area contributed by atoms with E-state index in [1.165, 1.54) is 32.2 Å². The van der Waals surface area contributed by atoms with E-state index in [0.29, 0.717) is 0 Å². The van der Waals surface area contributed by atoms with Crippen molar-refractivity contribution in [1.82, 2.24) is 4.90 Å². The van der Waals surface area contributed by atoms with Crippen LogP contribution in [-0.2, 0) is 0 Å². The van der Waals surface area contributed by atoms with Crippen molar-refractivity contribution < 1.29 is 0 Å². The summed E-state index contributed by atoms with van der Waals surface area (Å²) in [6.07, 6.45) is 7.13. The molecule has 0 N–H and O–H groups in total. The molecule has 0 aromatic carbocycles. The average molecular weight is 180 g/mol. The van der Waals surface area contributed by atoms with Gasteiger partial charge in [-0.05, 0) is 38.8 Å². The number of nitriles is 1. The van der Waals surface area contributed by atoms with Gasteiger partial charge in [0, 0.05) is 12.5 Å². The first kappa shape index (κ1) is 10.5. The van der Waals surface area contributed by atoms with Gasteiger partial charge in [-0.3, -0.25) is 0 Å². The van der Waals surface area contributed by atoms with E-state index in [-0.39, 0.29) is 0 Å². The highest BCUT2D eigenvalue weighted by Crippen LogP contribution is 2.27. The standard InChI is InChI=1S/C11H20N2/c1-2-3-9-13(11-6-7-11)10-5-4-8-12/h11H,2-7,9-10H2,1H3. The summed E-state index contributed by atoms with van der Waals surface area (Å²) in [7, 11) is 0. The van der Waals surface area contributed by atoms with Crippen LogP contribution in [0.5, 0.6) is 0 Å². The third-order valence-corrected chi connectivity index (χ3v) is 2.60. The number of rotatable bonds is 7. The van der Waals surface area contributed by atoms with Gasteiger partial charge in [0.1, 0.15) is 0 Å². The molecule has 0 spiro atoms. The first-order chi connectivity index (χ1) is 6.38. The summed E-state index contributed by atoms with van der Waals surface area (Å²) < 4.78 is 0. The van der Waals surface area contributed by atoms with E-state index >= 15 is 0 Å². The highest BCUT2D eigenvalue weighted by molar-refractivity contribution is 4.84. The summed E-state index contributed by atoms with van der Waals surface area (Å²) in [5.41, 5.74) is 0. The van der Waals surface area contributed by atoms with Crippen LogP contribution in [0.15, 0.2) is 0 Å². The van der Waals surface area contributed by atoms with Gasteiger partial charge in [0.15, 0.2) is 0 Å². The molecule has 0 atom stereocenters. The Labute approximate surface area is 81.5 Å². The number of hydrogen-bond donors (Lipinski definition) is 0. The zero-order chi connectivity index (χ0) is 9.52. The van der Waals surface area contributed by atoms with Gasteiger partial charge in [0.2, 0.25) is 0 Å². The zero-order valence-corrected chi connectivity index (χ0v) is 8.63. The molecule has 1 saturated carbocycles. The summed E-state index contributed by atoms with van der Waals surface area (Å²) in [5.74, 6) is 0. The molecule has 0 heterocycles. The van der Waals surface area contributed by atoms with Crippen LogP contribution in [0.1, 0.15) is 45.4 Å². The van der Waals surface area contributed by atoms with Gasteiger partial charge in [-0.2, -0.15) is 5.26 Å². The molecular formula is C11H20N2. The van der Waals surface area contributed by atoms with Gasteiger partial charge in [-0.15, -0.1) is 0 Å². The van der Waals surface area contributed by atoms with E-state index in [1.807, 2.05) is 0 Å². The van der Waals surface area contributed by atoms with Crippen LogP contribution in [-0.4, -0.2) is 24.0 Å². The lowest BCUT2D eigenvalue weighted by Gasteiger charge is -2.20. The molecular weight excluding hydrogens is 160 g/mol. The molecule has 1 aliphatic carbocycles. The quantitative estimate of drug-likeness (QED) is 0.563. The first-order valence-corrected chi connectivity index (χ1v) is 5.49. The Balaban J connectivity index is 2.10. The van der Waals surface area contributed by atoms with Gasteiger partial charge in [-0.25, -0.2) is 0 Å². The Bertz CT molecular complexity index is 167. The minimum absolute atomic E-state index is 0.718. The fourth-order valence-corrected chi connectivity index (χ4v) is 1.64. The fraction of sp³-hybridized carbons (Fsp3) is 0.909. The van der Waals surface area contributed by atoms with E-state index < -0.39 is 0 Å². The molecule has 0 aromatic rings. The summed E-state index contributed by atoms with van der Waals surface area (Å²) in [6.45, 7) is 4.62. The van der Waals surface area contributed by atoms with Crippen LogP contribution in [0.3, 0.4) is 0 Å². The van der Waals surface area contributed by atoms with Crippen LogP contribution < -0.4 is 0 Å². The van der Waals surface area contributed by atoms with Crippen molar-refractivity contribution >= 4 is 0 Å². The number of hydrogen-bond acceptors (Lipinski definition) is 2. The second kappa shape index (κ2) is 5.99. The maximum Gasteiger partial charge on any atom is 0.0622 e. The third kappa shape index (κ3) is 4.28. The van der Waals surface area contributed by atoms with Crippen molar-refractivity contribution in [2.45, 2.75) is 51.5 Å². The van der Waals surface area contributed by atoms with Crippen LogP contribution in [0, 0.1) is 11.3 Å². The zero-order valence-electron chi connectivity index (χ0n) is 8.63. The van der Waals surface area contributed by atoms with Crippen LogP contribution in [0.2, 0.25) is 0 Å². The molecule has 1 rings (SSSR count). The molecule has 2 heteroatoms. The monoisotopic (exact) mass is 180 g/mol. The summed E-state index contributed by atoms with van der Waals surface area (Å²) in [4.78, 5) is 2.57. The predicted octanol–water partition coefficient (Wildman–Crippen LogP) is 2.55. The number of unbranched alkanes of at least 4 members (excludes halogenated alkanes) is 2. The maximum absolute atomic E-state index is 8.44. The molecule has 1 fully saturated rings. The molecule has 0 saturated heterocycles. The summed E-state index contributed by atoms with van der Waals surface area (Å²) in [6, 6.07) is 3.08. The molecule has 1 aliphatic rings. The van der Waals surface area contributed by atoms with E-state index in [4.69, 9.17) is 5.26 Å². The molecule has 0 aliphatic heterocycles. The summed E-state index contributed by atoms with van der Waals surface area (Å²) in [5, 5.41) is 8.44. The lowest BCUT2D eigenvalue weighted by molar-refractivity contribution is 0.257. The van der Waals surface area contributed by atoms with Crippen LogP contribution >= 0.6 is 0 Å². The first-order valence-electron chi connectivity index (χ1n) is 5.49. The van der Waals surface area contributed by atoms with E-state index in [0.717, 1.165) is 25.4 Å². The summed E-state index contributed by atoms with van der Waals surface area (Å²) >= 11 is 0. The van der Waals surface area contributed by atoms with Crippen LogP contribution in [0.4, 0.5) is 0 Å². The van der Waals surface area contributed by atoms with Gasteiger partial charge < -0.3 is 4.90 Å². The van der Waals surface area contributed by atoms with Crippen LogP contribution in [0.25, 0.3) is 0 Å². The second-order valence-electron chi connectivity index (χ2n) is 3.88. The van der Waals surface area contributed by atoms with Gasteiger partial charge in [0.25, 0.3) is 0 Å². The highest BCUT2D eigenvalue weighted by atomic mass is 15.2. The van der Waals surface area contributed by atoms with Gasteiger partial charge in [0.05, 0.1) is 6.07 Å². The lowest BCUT2D eigenvalue weighted by Crippen LogP contribution is -2.28.